The number of ether oxygens (including phenoxy) is 1. The number of rotatable bonds is 3. The molecule has 1 aromatic carbocycles. The number of likely N-dealkylation sites (tertiary alicyclic amines) is 1. The fourth-order valence-corrected chi connectivity index (χ4v) is 3.61. The third-order valence-corrected chi connectivity index (χ3v) is 5.13. The first-order valence-corrected chi connectivity index (χ1v) is 9.23. The second-order valence-electron chi connectivity index (χ2n) is 7.02. The van der Waals surface area contributed by atoms with Crippen LogP contribution in [0.3, 0.4) is 0 Å². The number of amides is 3. The number of carbonyl (C=O) groups excluding carboxylic acids is 2. The zero-order valence-electron chi connectivity index (χ0n) is 15.4. The Morgan fingerprint density at radius 2 is 1.74 bits per heavy atom. The molecule has 0 aromatic heterocycles. The third kappa shape index (κ3) is 4.32. The minimum atomic E-state index is -1.08. The first-order chi connectivity index (χ1) is 13.0. The second kappa shape index (κ2) is 8.28. The van der Waals surface area contributed by atoms with Crippen molar-refractivity contribution in [3.63, 3.8) is 0 Å². The van der Waals surface area contributed by atoms with Gasteiger partial charge >= 0.3 is 12.2 Å². The fourth-order valence-electron chi connectivity index (χ4n) is 3.61. The highest BCUT2D eigenvalue weighted by Crippen LogP contribution is 2.21. The molecule has 0 unspecified atom stereocenters. The lowest BCUT2D eigenvalue weighted by atomic mass is 10.1. The van der Waals surface area contributed by atoms with Gasteiger partial charge in [-0.2, -0.15) is 0 Å². The summed E-state index contributed by atoms with van der Waals surface area (Å²) in [6.07, 6.45) is 0.179. The molecule has 2 heterocycles. The van der Waals surface area contributed by atoms with Crippen LogP contribution in [-0.2, 0) is 16.1 Å². The van der Waals surface area contributed by atoms with E-state index in [1.54, 1.807) is 11.8 Å². The predicted octanol–water partition coefficient (Wildman–Crippen LogP) is 2.00. The molecule has 0 saturated carbocycles. The molecular weight excluding hydrogens is 350 g/mol. The van der Waals surface area contributed by atoms with E-state index in [-0.39, 0.29) is 25.6 Å². The summed E-state index contributed by atoms with van der Waals surface area (Å²) in [5, 5.41) is 9.42. The van der Waals surface area contributed by atoms with Gasteiger partial charge in [-0.1, -0.05) is 30.3 Å². The summed E-state index contributed by atoms with van der Waals surface area (Å²) in [5.74, 6) is -0.206. The Bertz CT molecular complexity index is 690. The van der Waals surface area contributed by atoms with E-state index in [4.69, 9.17) is 4.74 Å². The molecule has 2 aliphatic rings. The Balaban J connectivity index is 1.73. The van der Waals surface area contributed by atoms with E-state index in [9.17, 15) is 19.5 Å². The van der Waals surface area contributed by atoms with Crippen molar-refractivity contribution < 1.29 is 24.2 Å². The molecule has 2 saturated heterocycles. The largest absolute Gasteiger partial charge is 0.465 e. The molecule has 8 nitrogen and oxygen atoms in total. The van der Waals surface area contributed by atoms with Crippen LogP contribution in [-0.4, -0.2) is 76.2 Å². The first-order valence-electron chi connectivity index (χ1n) is 9.23. The lowest BCUT2D eigenvalue weighted by molar-refractivity contribution is -0.138. The monoisotopic (exact) mass is 375 g/mol. The van der Waals surface area contributed by atoms with Crippen LogP contribution >= 0.6 is 0 Å². The summed E-state index contributed by atoms with van der Waals surface area (Å²) < 4.78 is 5.40. The van der Waals surface area contributed by atoms with Crippen LogP contribution in [0, 0.1) is 0 Å². The minimum Gasteiger partial charge on any atom is -0.465 e. The zero-order valence-corrected chi connectivity index (χ0v) is 15.4. The Morgan fingerprint density at radius 1 is 1.07 bits per heavy atom. The molecule has 8 heteroatoms. The molecule has 2 aliphatic heterocycles. The standard InChI is InChI=1S/C19H25N3O5/c1-14-11-22(19(26)27-13-15-7-3-2-4-8-15)16(12-21(14)18(24)25)17(23)20-9-5-6-10-20/h2-4,7-8,14,16H,5-6,9-13H2,1H3,(H,24,25)/t14-,16-/m1/s1. The van der Waals surface area contributed by atoms with Gasteiger partial charge in [0.05, 0.1) is 12.6 Å². The molecular formula is C19H25N3O5. The van der Waals surface area contributed by atoms with Crippen molar-refractivity contribution in [2.75, 3.05) is 26.2 Å². The Hall–Kier alpha value is -2.77. The van der Waals surface area contributed by atoms with Crippen LogP contribution in [0.15, 0.2) is 30.3 Å². The summed E-state index contributed by atoms with van der Waals surface area (Å²) in [7, 11) is 0. The van der Waals surface area contributed by atoms with Crippen LogP contribution in [0.4, 0.5) is 9.59 Å². The van der Waals surface area contributed by atoms with E-state index in [1.807, 2.05) is 30.3 Å². The number of piperazine rings is 1. The average Bonchev–Trinajstić information content (AvgIpc) is 3.20. The maximum absolute atomic E-state index is 12.9. The second-order valence-corrected chi connectivity index (χ2v) is 7.02. The van der Waals surface area contributed by atoms with Crippen LogP contribution in [0.5, 0.6) is 0 Å². The highest BCUT2D eigenvalue weighted by molar-refractivity contribution is 5.87. The molecule has 0 bridgehead atoms. The lowest BCUT2D eigenvalue weighted by Crippen LogP contribution is -2.64. The minimum absolute atomic E-state index is 0.0354. The first kappa shape index (κ1) is 19.0. The molecule has 3 rings (SSSR count). The topological polar surface area (TPSA) is 90.4 Å². The number of carboxylic acid groups (broad SMARTS) is 1. The van der Waals surface area contributed by atoms with E-state index in [1.165, 1.54) is 9.80 Å². The van der Waals surface area contributed by atoms with E-state index in [0.717, 1.165) is 18.4 Å². The molecule has 0 spiro atoms. The number of carbonyl (C=O) groups is 3. The van der Waals surface area contributed by atoms with Crippen molar-refractivity contribution >= 4 is 18.1 Å². The predicted molar refractivity (Wildman–Crippen MR) is 97.1 cm³/mol. The van der Waals surface area contributed by atoms with Crippen LogP contribution in [0.2, 0.25) is 0 Å². The molecule has 0 aliphatic carbocycles. The summed E-state index contributed by atoms with van der Waals surface area (Å²) in [4.78, 5) is 41.4. The van der Waals surface area contributed by atoms with Crippen LogP contribution < -0.4 is 0 Å². The van der Waals surface area contributed by atoms with Gasteiger partial charge in [-0.05, 0) is 25.3 Å². The van der Waals surface area contributed by atoms with Gasteiger partial charge in [0.2, 0.25) is 5.91 Å². The van der Waals surface area contributed by atoms with Crippen molar-refractivity contribution in [2.24, 2.45) is 0 Å². The van der Waals surface area contributed by atoms with Crippen LogP contribution in [0.1, 0.15) is 25.3 Å². The molecule has 27 heavy (non-hydrogen) atoms. The maximum atomic E-state index is 12.9. The normalized spacial score (nSPS) is 22.6. The summed E-state index contributed by atoms with van der Waals surface area (Å²) >= 11 is 0. The summed E-state index contributed by atoms with van der Waals surface area (Å²) in [6, 6.07) is 8.04. The van der Waals surface area contributed by atoms with Gasteiger partial charge in [-0.25, -0.2) is 9.59 Å². The smallest absolute Gasteiger partial charge is 0.410 e. The van der Waals surface area contributed by atoms with Crippen molar-refractivity contribution in [2.45, 2.75) is 38.5 Å². The van der Waals surface area contributed by atoms with Crippen molar-refractivity contribution in [3.8, 4) is 0 Å². The number of nitrogens with zero attached hydrogens (tertiary/aromatic N) is 3. The maximum Gasteiger partial charge on any atom is 0.410 e. The highest BCUT2D eigenvalue weighted by Gasteiger charge is 2.43. The van der Waals surface area contributed by atoms with Gasteiger partial charge in [0.15, 0.2) is 0 Å². The number of benzene rings is 1. The highest BCUT2D eigenvalue weighted by atomic mass is 16.6. The van der Waals surface area contributed by atoms with Crippen molar-refractivity contribution in [1.29, 1.82) is 0 Å². The average molecular weight is 375 g/mol. The third-order valence-electron chi connectivity index (χ3n) is 5.13. The van der Waals surface area contributed by atoms with Gasteiger partial charge in [-0.3, -0.25) is 9.69 Å². The Kier molecular flexibility index (Phi) is 5.83. The molecule has 0 radical (unpaired) electrons. The summed E-state index contributed by atoms with van der Waals surface area (Å²) in [6.45, 7) is 3.21. The molecule has 2 atom stereocenters. The molecule has 3 amide bonds. The number of hydrogen-bond donors (Lipinski definition) is 1. The lowest BCUT2D eigenvalue weighted by Gasteiger charge is -2.43. The molecule has 146 valence electrons. The van der Waals surface area contributed by atoms with Gasteiger partial charge in [0, 0.05) is 19.6 Å². The Labute approximate surface area is 158 Å². The van der Waals surface area contributed by atoms with Gasteiger partial charge in [0.1, 0.15) is 12.6 Å². The summed E-state index contributed by atoms with van der Waals surface area (Å²) in [5.41, 5.74) is 0.852. The van der Waals surface area contributed by atoms with Crippen molar-refractivity contribution in [3.05, 3.63) is 35.9 Å². The van der Waals surface area contributed by atoms with E-state index >= 15 is 0 Å². The zero-order chi connectivity index (χ0) is 19.4. The van der Waals surface area contributed by atoms with Gasteiger partial charge in [0.25, 0.3) is 0 Å². The van der Waals surface area contributed by atoms with E-state index in [2.05, 4.69) is 0 Å². The van der Waals surface area contributed by atoms with Gasteiger partial charge in [-0.15, -0.1) is 0 Å². The van der Waals surface area contributed by atoms with E-state index in [0.29, 0.717) is 13.1 Å². The molecule has 1 aromatic rings. The van der Waals surface area contributed by atoms with E-state index < -0.39 is 24.3 Å². The molecule has 1 N–H and O–H groups in total. The fraction of sp³-hybridized carbons (Fsp3) is 0.526. The Morgan fingerprint density at radius 3 is 2.37 bits per heavy atom. The quantitative estimate of drug-likeness (QED) is 0.873. The van der Waals surface area contributed by atoms with Crippen LogP contribution in [0.25, 0.3) is 0 Å². The SMILES string of the molecule is C[C@@H]1CN(C(=O)OCc2ccccc2)[C@@H](C(=O)N2CCCC2)CN1C(=O)O. The number of hydrogen-bond acceptors (Lipinski definition) is 4. The molecule has 2 fully saturated rings. The van der Waals surface area contributed by atoms with Gasteiger partial charge < -0.3 is 19.6 Å². The van der Waals surface area contributed by atoms with Crippen molar-refractivity contribution in [1.82, 2.24) is 14.7 Å².